The summed E-state index contributed by atoms with van der Waals surface area (Å²) in [5.74, 6) is -0.545. The van der Waals surface area contributed by atoms with E-state index in [2.05, 4.69) is 10.5 Å². The molecule has 0 spiro atoms. The number of para-hydroxylation sites is 1. The van der Waals surface area contributed by atoms with Crippen LogP contribution in [0.4, 0.5) is 5.69 Å². The summed E-state index contributed by atoms with van der Waals surface area (Å²) in [7, 11) is -3.93. The Morgan fingerprint density at radius 3 is 2.26 bits per heavy atom. The topological polar surface area (TPSA) is 78.8 Å². The molecule has 1 amide bonds. The fourth-order valence-corrected chi connectivity index (χ4v) is 4.61. The lowest BCUT2D eigenvalue weighted by Gasteiger charge is -2.23. The summed E-state index contributed by atoms with van der Waals surface area (Å²) >= 11 is 1.64. The normalized spacial score (nSPS) is 11.4. The summed E-state index contributed by atoms with van der Waals surface area (Å²) in [4.78, 5) is 13.8. The van der Waals surface area contributed by atoms with Gasteiger partial charge in [-0.25, -0.2) is 13.8 Å². The smallest absolute Gasteiger partial charge is 0.264 e. The van der Waals surface area contributed by atoms with Crippen LogP contribution >= 0.6 is 11.8 Å². The highest BCUT2D eigenvalue weighted by atomic mass is 32.2. The molecule has 0 saturated heterocycles. The van der Waals surface area contributed by atoms with Crippen LogP contribution in [0.2, 0.25) is 0 Å². The van der Waals surface area contributed by atoms with Crippen LogP contribution in [-0.2, 0) is 14.8 Å². The van der Waals surface area contributed by atoms with Crippen LogP contribution in [0.5, 0.6) is 0 Å². The Morgan fingerprint density at radius 1 is 1.00 bits per heavy atom. The molecule has 31 heavy (non-hydrogen) atoms. The predicted molar refractivity (Wildman–Crippen MR) is 126 cm³/mol. The molecule has 3 aromatic rings. The number of hydrogen-bond donors (Lipinski definition) is 1. The Bertz CT molecular complexity index is 1140. The van der Waals surface area contributed by atoms with E-state index < -0.39 is 22.5 Å². The SMILES string of the molecule is CSc1ccc(/C=N\NC(=O)CN(c2ccccc2)S(=O)(=O)c2ccc(C)cc2)cc1. The highest BCUT2D eigenvalue weighted by molar-refractivity contribution is 7.98. The maximum absolute atomic E-state index is 13.2. The second kappa shape index (κ2) is 10.3. The molecule has 3 rings (SSSR count). The standard InChI is InChI=1S/C23H23N3O3S2/c1-18-8-14-22(15-9-18)31(28,29)26(20-6-4-3-5-7-20)17-23(27)25-24-16-19-10-12-21(30-2)13-11-19/h3-16H,17H2,1-2H3,(H,25,27)/b24-16-. The number of benzene rings is 3. The van der Waals surface area contributed by atoms with Crippen molar-refractivity contribution in [1.29, 1.82) is 0 Å². The van der Waals surface area contributed by atoms with Crippen molar-refractivity contribution in [3.63, 3.8) is 0 Å². The molecule has 0 bridgehead atoms. The van der Waals surface area contributed by atoms with Gasteiger partial charge in [-0.15, -0.1) is 11.8 Å². The first-order valence-corrected chi connectivity index (χ1v) is 12.2. The minimum atomic E-state index is -3.93. The third kappa shape index (κ3) is 5.96. The lowest BCUT2D eigenvalue weighted by atomic mass is 10.2. The zero-order chi connectivity index (χ0) is 22.3. The Kier molecular flexibility index (Phi) is 7.49. The molecule has 0 heterocycles. The van der Waals surface area contributed by atoms with Gasteiger partial charge in [0.25, 0.3) is 15.9 Å². The van der Waals surface area contributed by atoms with Crippen LogP contribution in [0.1, 0.15) is 11.1 Å². The largest absolute Gasteiger partial charge is 0.271 e. The second-order valence-corrected chi connectivity index (χ2v) is 9.47. The van der Waals surface area contributed by atoms with Gasteiger partial charge in [0.2, 0.25) is 0 Å². The number of thioether (sulfide) groups is 1. The van der Waals surface area contributed by atoms with E-state index in [-0.39, 0.29) is 4.90 Å². The first-order valence-electron chi connectivity index (χ1n) is 9.50. The Balaban J connectivity index is 1.77. The molecule has 0 aliphatic carbocycles. The molecule has 8 heteroatoms. The Morgan fingerprint density at radius 2 is 1.65 bits per heavy atom. The number of rotatable bonds is 8. The molecule has 0 saturated carbocycles. The molecule has 6 nitrogen and oxygen atoms in total. The number of anilines is 1. The fourth-order valence-electron chi connectivity index (χ4n) is 2.78. The number of sulfonamides is 1. The molecule has 0 aromatic heterocycles. The summed E-state index contributed by atoms with van der Waals surface area (Å²) in [6.07, 6.45) is 3.51. The molecule has 0 atom stereocenters. The van der Waals surface area contributed by atoms with E-state index >= 15 is 0 Å². The Hall–Kier alpha value is -3.10. The van der Waals surface area contributed by atoms with Gasteiger partial charge in [-0.05, 0) is 55.1 Å². The van der Waals surface area contributed by atoms with Crippen LogP contribution in [0.3, 0.4) is 0 Å². The van der Waals surface area contributed by atoms with Crippen molar-refractivity contribution in [3.8, 4) is 0 Å². The lowest BCUT2D eigenvalue weighted by Crippen LogP contribution is -2.39. The minimum Gasteiger partial charge on any atom is -0.271 e. The van der Waals surface area contributed by atoms with E-state index in [0.717, 1.165) is 20.3 Å². The maximum Gasteiger partial charge on any atom is 0.264 e. The van der Waals surface area contributed by atoms with E-state index in [1.807, 2.05) is 37.4 Å². The summed E-state index contributed by atoms with van der Waals surface area (Å²) in [5, 5.41) is 3.96. The van der Waals surface area contributed by atoms with Crippen LogP contribution < -0.4 is 9.73 Å². The van der Waals surface area contributed by atoms with Crippen molar-refractivity contribution in [2.24, 2.45) is 5.10 Å². The number of hydrazone groups is 1. The average Bonchev–Trinajstić information content (AvgIpc) is 2.78. The summed E-state index contributed by atoms with van der Waals surface area (Å²) in [5.41, 5.74) is 4.58. The second-order valence-electron chi connectivity index (χ2n) is 6.73. The van der Waals surface area contributed by atoms with Gasteiger partial charge in [-0.1, -0.05) is 48.0 Å². The monoisotopic (exact) mass is 453 g/mol. The van der Waals surface area contributed by atoms with Gasteiger partial charge in [0.05, 0.1) is 16.8 Å². The number of carbonyl (C=O) groups excluding carboxylic acids is 1. The third-order valence-electron chi connectivity index (χ3n) is 4.46. The van der Waals surface area contributed by atoms with Gasteiger partial charge in [-0.2, -0.15) is 5.10 Å². The number of aryl methyl sites for hydroxylation is 1. The van der Waals surface area contributed by atoms with Crippen molar-refractivity contribution in [2.75, 3.05) is 17.1 Å². The summed E-state index contributed by atoms with van der Waals surface area (Å²) < 4.78 is 27.6. The molecule has 0 fully saturated rings. The van der Waals surface area contributed by atoms with Crippen molar-refractivity contribution in [2.45, 2.75) is 16.7 Å². The van der Waals surface area contributed by atoms with Gasteiger partial charge in [-0.3, -0.25) is 9.10 Å². The van der Waals surface area contributed by atoms with Crippen LogP contribution in [0, 0.1) is 6.92 Å². The summed E-state index contributed by atoms with van der Waals surface area (Å²) in [6.45, 7) is 1.48. The predicted octanol–water partition coefficient (Wildman–Crippen LogP) is 4.06. The third-order valence-corrected chi connectivity index (χ3v) is 6.99. The Labute approximate surface area is 187 Å². The van der Waals surface area contributed by atoms with Gasteiger partial charge >= 0.3 is 0 Å². The van der Waals surface area contributed by atoms with Gasteiger partial charge < -0.3 is 0 Å². The van der Waals surface area contributed by atoms with Gasteiger partial charge in [0.15, 0.2) is 0 Å². The molecule has 1 N–H and O–H groups in total. The molecule has 0 aliphatic heterocycles. The average molecular weight is 454 g/mol. The van der Waals surface area contributed by atoms with E-state index in [9.17, 15) is 13.2 Å². The lowest BCUT2D eigenvalue weighted by molar-refractivity contribution is -0.119. The van der Waals surface area contributed by atoms with E-state index in [0.29, 0.717) is 5.69 Å². The molecule has 3 aromatic carbocycles. The zero-order valence-electron chi connectivity index (χ0n) is 17.2. The van der Waals surface area contributed by atoms with E-state index in [4.69, 9.17) is 0 Å². The number of hydrogen-bond acceptors (Lipinski definition) is 5. The number of nitrogens with one attached hydrogen (secondary N) is 1. The van der Waals surface area contributed by atoms with Gasteiger partial charge in [0.1, 0.15) is 6.54 Å². The highest BCUT2D eigenvalue weighted by Crippen LogP contribution is 2.23. The molecule has 0 radical (unpaired) electrons. The molecular weight excluding hydrogens is 430 g/mol. The van der Waals surface area contributed by atoms with E-state index in [1.165, 1.54) is 18.3 Å². The quantitative estimate of drug-likeness (QED) is 0.317. The van der Waals surface area contributed by atoms with Crippen molar-refractivity contribution >= 4 is 39.6 Å². The summed E-state index contributed by atoms with van der Waals surface area (Å²) in [6, 6.07) is 22.7. The highest BCUT2D eigenvalue weighted by Gasteiger charge is 2.27. The van der Waals surface area contributed by atoms with Crippen LogP contribution in [0.15, 0.2) is 93.8 Å². The first-order chi connectivity index (χ1) is 14.9. The zero-order valence-corrected chi connectivity index (χ0v) is 18.9. The first kappa shape index (κ1) is 22.6. The minimum absolute atomic E-state index is 0.118. The van der Waals surface area contributed by atoms with Crippen molar-refractivity contribution in [1.82, 2.24) is 5.43 Å². The van der Waals surface area contributed by atoms with Crippen LogP contribution in [0.25, 0.3) is 0 Å². The van der Waals surface area contributed by atoms with Crippen LogP contribution in [-0.4, -0.2) is 33.3 Å². The van der Waals surface area contributed by atoms with E-state index in [1.54, 1.807) is 54.2 Å². The van der Waals surface area contributed by atoms with Crippen molar-refractivity contribution in [3.05, 3.63) is 90.0 Å². The van der Waals surface area contributed by atoms with Gasteiger partial charge in [0, 0.05) is 4.90 Å². The molecule has 0 aliphatic rings. The number of nitrogens with zero attached hydrogens (tertiary/aromatic N) is 2. The molecule has 160 valence electrons. The number of amides is 1. The maximum atomic E-state index is 13.2. The fraction of sp³-hybridized carbons (Fsp3) is 0.130. The van der Waals surface area contributed by atoms with Crippen molar-refractivity contribution < 1.29 is 13.2 Å². The molecule has 0 unspecified atom stereocenters. The molecular formula is C23H23N3O3S2. The number of carbonyl (C=O) groups is 1.